The van der Waals surface area contributed by atoms with Crippen molar-refractivity contribution in [1.82, 2.24) is 20.9 Å². The van der Waals surface area contributed by atoms with Gasteiger partial charge in [0.15, 0.2) is 0 Å². The molecule has 0 saturated carbocycles. The number of nitrogens with one attached hydrogen (secondary N) is 3. The molecule has 3 heterocycles. The first-order chi connectivity index (χ1) is 13.0. The van der Waals surface area contributed by atoms with Gasteiger partial charge in [-0.3, -0.25) is 19.7 Å². The third-order valence-corrected chi connectivity index (χ3v) is 5.83. The molecule has 0 spiro atoms. The van der Waals surface area contributed by atoms with Crippen LogP contribution in [0.15, 0.2) is 18.2 Å². The normalized spacial score (nSPS) is 27.8. The van der Waals surface area contributed by atoms with E-state index >= 15 is 0 Å². The molecule has 3 aliphatic rings. The first-order valence-corrected chi connectivity index (χ1v) is 9.72. The van der Waals surface area contributed by atoms with Crippen LogP contribution >= 0.6 is 0 Å². The summed E-state index contributed by atoms with van der Waals surface area (Å²) in [6, 6.07) is 5.91. The fraction of sp³-hybridized carbons (Fsp3) is 0.550. The van der Waals surface area contributed by atoms with E-state index in [9.17, 15) is 14.4 Å². The highest BCUT2D eigenvalue weighted by Gasteiger charge is 2.39. The van der Waals surface area contributed by atoms with Gasteiger partial charge in [0.2, 0.25) is 11.8 Å². The summed E-state index contributed by atoms with van der Waals surface area (Å²) in [6.07, 6.45) is 1.84. The van der Waals surface area contributed by atoms with Crippen LogP contribution in [0.3, 0.4) is 0 Å². The van der Waals surface area contributed by atoms with Crippen molar-refractivity contribution in [2.45, 2.75) is 51.4 Å². The number of carbonyl (C=O) groups excluding carboxylic acids is 3. The van der Waals surface area contributed by atoms with Crippen molar-refractivity contribution >= 4 is 17.7 Å². The van der Waals surface area contributed by atoms with Crippen molar-refractivity contribution in [3.8, 4) is 0 Å². The molecule has 27 heavy (non-hydrogen) atoms. The van der Waals surface area contributed by atoms with Gasteiger partial charge in [0.05, 0.1) is 0 Å². The van der Waals surface area contributed by atoms with E-state index in [0.717, 1.165) is 24.2 Å². The summed E-state index contributed by atoms with van der Waals surface area (Å²) in [7, 11) is 0. The number of fused-ring (bicyclic) bond motifs is 1. The zero-order chi connectivity index (χ0) is 19.0. The SMILES string of the molecule is CC1CC(CNCc2cccc3c2C(=O)N(C2CCC(=O)NC2=O)C3)CN1. The zero-order valence-electron chi connectivity index (χ0n) is 15.6. The number of carbonyl (C=O) groups is 3. The average molecular weight is 370 g/mol. The highest BCUT2D eigenvalue weighted by Crippen LogP contribution is 2.29. The van der Waals surface area contributed by atoms with E-state index in [2.05, 4.69) is 22.9 Å². The minimum atomic E-state index is -0.561. The molecule has 2 saturated heterocycles. The summed E-state index contributed by atoms with van der Waals surface area (Å²) in [5.41, 5.74) is 2.65. The van der Waals surface area contributed by atoms with Gasteiger partial charge in [0.1, 0.15) is 6.04 Å². The van der Waals surface area contributed by atoms with Gasteiger partial charge in [-0.05, 0) is 49.9 Å². The Bertz CT molecular complexity index is 778. The summed E-state index contributed by atoms with van der Waals surface area (Å²) in [6.45, 7) is 5.23. The van der Waals surface area contributed by atoms with Gasteiger partial charge in [-0.1, -0.05) is 18.2 Å². The van der Waals surface area contributed by atoms with E-state index in [0.29, 0.717) is 37.0 Å². The van der Waals surface area contributed by atoms with Crippen LogP contribution in [0.1, 0.15) is 47.7 Å². The number of hydrogen-bond donors (Lipinski definition) is 3. The molecule has 7 nitrogen and oxygen atoms in total. The topological polar surface area (TPSA) is 90.5 Å². The lowest BCUT2D eigenvalue weighted by Crippen LogP contribution is -2.52. The maximum absolute atomic E-state index is 13.0. The number of benzene rings is 1. The Balaban J connectivity index is 1.43. The van der Waals surface area contributed by atoms with Crippen molar-refractivity contribution in [2.24, 2.45) is 5.92 Å². The van der Waals surface area contributed by atoms with Crippen LogP contribution in [-0.4, -0.2) is 47.8 Å². The molecule has 3 N–H and O–H groups in total. The monoisotopic (exact) mass is 370 g/mol. The maximum atomic E-state index is 13.0. The van der Waals surface area contributed by atoms with Crippen LogP contribution in [0.2, 0.25) is 0 Å². The molecule has 0 bridgehead atoms. The van der Waals surface area contributed by atoms with Gasteiger partial charge in [0, 0.05) is 31.1 Å². The van der Waals surface area contributed by atoms with Crippen LogP contribution in [0, 0.1) is 5.92 Å². The van der Waals surface area contributed by atoms with Crippen LogP contribution in [-0.2, 0) is 22.7 Å². The Morgan fingerprint density at radius 2 is 2.11 bits per heavy atom. The van der Waals surface area contributed by atoms with Crippen molar-refractivity contribution in [1.29, 1.82) is 0 Å². The van der Waals surface area contributed by atoms with Crippen LogP contribution < -0.4 is 16.0 Å². The molecule has 3 atom stereocenters. The van der Waals surface area contributed by atoms with Crippen molar-refractivity contribution < 1.29 is 14.4 Å². The van der Waals surface area contributed by atoms with Crippen molar-refractivity contribution in [3.05, 3.63) is 34.9 Å². The molecule has 2 fully saturated rings. The minimum Gasteiger partial charge on any atom is -0.322 e. The van der Waals surface area contributed by atoms with Gasteiger partial charge in [-0.15, -0.1) is 0 Å². The summed E-state index contributed by atoms with van der Waals surface area (Å²) in [4.78, 5) is 38.2. The number of piperidine rings is 1. The van der Waals surface area contributed by atoms with Gasteiger partial charge in [-0.25, -0.2) is 0 Å². The van der Waals surface area contributed by atoms with Gasteiger partial charge < -0.3 is 15.5 Å². The number of hydrogen-bond acceptors (Lipinski definition) is 5. The zero-order valence-corrected chi connectivity index (χ0v) is 15.6. The smallest absolute Gasteiger partial charge is 0.255 e. The van der Waals surface area contributed by atoms with E-state index in [1.165, 1.54) is 6.42 Å². The van der Waals surface area contributed by atoms with Crippen molar-refractivity contribution in [3.63, 3.8) is 0 Å². The fourth-order valence-electron chi connectivity index (χ4n) is 4.44. The molecule has 4 rings (SSSR count). The van der Waals surface area contributed by atoms with E-state index in [1.807, 2.05) is 18.2 Å². The van der Waals surface area contributed by atoms with E-state index < -0.39 is 6.04 Å². The Kier molecular flexibility index (Phi) is 4.97. The number of amides is 3. The third-order valence-electron chi connectivity index (χ3n) is 5.83. The highest BCUT2D eigenvalue weighted by atomic mass is 16.2. The molecule has 3 unspecified atom stereocenters. The largest absolute Gasteiger partial charge is 0.322 e. The second kappa shape index (κ2) is 7.40. The lowest BCUT2D eigenvalue weighted by atomic mass is 10.0. The van der Waals surface area contributed by atoms with Gasteiger partial charge in [0.25, 0.3) is 5.91 Å². The molecule has 144 valence electrons. The molecule has 7 heteroatoms. The summed E-state index contributed by atoms with van der Waals surface area (Å²) in [5, 5.41) is 9.29. The Hall–Kier alpha value is -2.25. The van der Waals surface area contributed by atoms with E-state index in [1.54, 1.807) is 4.90 Å². The molecule has 0 aromatic heterocycles. The Morgan fingerprint density at radius 3 is 2.85 bits per heavy atom. The van der Waals surface area contributed by atoms with Crippen LogP contribution in [0.25, 0.3) is 0 Å². The molecule has 0 radical (unpaired) electrons. The summed E-state index contributed by atoms with van der Waals surface area (Å²) < 4.78 is 0. The second-order valence-corrected chi connectivity index (χ2v) is 7.89. The Labute approximate surface area is 158 Å². The lowest BCUT2D eigenvalue weighted by Gasteiger charge is -2.29. The predicted octanol–water partition coefficient (Wildman–Crippen LogP) is 0.535. The number of rotatable bonds is 5. The van der Waals surface area contributed by atoms with Crippen molar-refractivity contribution in [2.75, 3.05) is 13.1 Å². The average Bonchev–Trinajstić information content (AvgIpc) is 3.19. The first-order valence-electron chi connectivity index (χ1n) is 9.72. The van der Waals surface area contributed by atoms with E-state index in [-0.39, 0.29) is 24.1 Å². The van der Waals surface area contributed by atoms with Crippen LogP contribution in [0.5, 0.6) is 0 Å². The third kappa shape index (κ3) is 3.61. The standard InChI is InChI=1S/C20H26N4O3/c1-12-7-13(9-22-12)8-21-10-14-3-2-4-15-11-24(20(27)18(14)15)16-5-6-17(25)23-19(16)26/h2-4,12-13,16,21-22H,5-11H2,1H3,(H,23,25,26). The quantitative estimate of drug-likeness (QED) is 0.658. The number of nitrogens with zero attached hydrogens (tertiary/aromatic N) is 1. The molecule has 0 aliphatic carbocycles. The summed E-state index contributed by atoms with van der Waals surface area (Å²) >= 11 is 0. The molecule has 3 amide bonds. The molecule has 1 aromatic rings. The molecule has 3 aliphatic heterocycles. The summed E-state index contributed by atoms with van der Waals surface area (Å²) in [5.74, 6) is -0.114. The fourth-order valence-corrected chi connectivity index (χ4v) is 4.44. The van der Waals surface area contributed by atoms with Gasteiger partial charge in [-0.2, -0.15) is 0 Å². The molecule has 1 aromatic carbocycles. The van der Waals surface area contributed by atoms with E-state index in [4.69, 9.17) is 0 Å². The maximum Gasteiger partial charge on any atom is 0.255 e. The highest BCUT2D eigenvalue weighted by molar-refractivity contribution is 6.05. The molecular weight excluding hydrogens is 344 g/mol. The Morgan fingerprint density at radius 1 is 1.26 bits per heavy atom. The first kappa shape index (κ1) is 18.1. The predicted molar refractivity (Wildman–Crippen MR) is 99.8 cm³/mol. The number of imide groups is 1. The molecular formula is C20H26N4O3. The lowest BCUT2D eigenvalue weighted by molar-refractivity contribution is -0.136. The van der Waals surface area contributed by atoms with Crippen LogP contribution in [0.4, 0.5) is 0 Å². The second-order valence-electron chi connectivity index (χ2n) is 7.89. The van der Waals surface area contributed by atoms with Gasteiger partial charge >= 0.3 is 0 Å². The minimum absolute atomic E-state index is 0.104.